The summed E-state index contributed by atoms with van der Waals surface area (Å²) in [6.45, 7) is 1.97. The molecule has 180 valence electrons. The number of carbonyl (C=O) groups excluding carboxylic acids is 3. The molecule has 3 atom stereocenters. The van der Waals surface area contributed by atoms with Crippen molar-refractivity contribution in [1.82, 2.24) is 4.98 Å². The molecule has 2 aliphatic heterocycles. The molecule has 2 amide bonds. The summed E-state index contributed by atoms with van der Waals surface area (Å²) in [5.74, 6) is -2.07. The lowest BCUT2D eigenvalue weighted by Gasteiger charge is -2.30. The van der Waals surface area contributed by atoms with Crippen LogP contribution in [-0.4, -0.2) is 46.8 Å². The van der Waals surface area contributed by atoms with Crippen molar-refractivity contribution in [2.75, 3.05) is 18.6 Å². The van der Waals surface area contributed by atoms with Gasteiger partial charge in [-0.1, -0.05) is 17.8 Å². The minimum Gasteiger partial charge on any atom is -0.504 e. The van der Waals surface area contributed by atoms with E-state index in [1.807, 2.05) is 0 Å². The number of thioether (sulfide) groups is 1. The number of fused-ring (bicyclic) bond motifs is 2. The van der Waals surface area contributed by atoms with E-state index in [-0.39, 0.29) is 24.2 Å². The smallest absolute Gasteiger partial charge is 0.338 e. The van der Waals surface area contributed by atoms with Crippen LogP contribution in [0.3, 0.4) is 0 Å². The van der Waals surface area contributed by atoms with E-state index >= 15 is 0 Å². The second kappa shape index (κ2) is 9.14. The number of hydrogen-bond acceptors (Lipinski definition) is 9. The molecule has 0 saturated carbocycles. The van der Waals surface area contributed by atoms with Crippen LogP contribution < -0.4 is 9.64 Å². The van der Waals surface area contributed by atoms with E-state index in [4.69, 9.17) is 21.7 Å². The average molecular weight is 529 g/mol. The molecule has 1 aromatic heterocycles. The number of esters is 1. The van der Waals surface area contributed by atoms with Crippen molar-refractivity contribution < 1.29 is 29.0 Å². The van der Waals surface area contributed by atoms with Gasteiger partial charge in [0, 0.05) is 10.8 Å². The van der Waals surface area contributed by atoms with Crippen molar-refractivity contribution in [3.05, 3.63) is 62.4 Å². The number of aromatic hydroxyl groups is 1. The first kappa shape index (κ1) is 23.6. The van der Waals surface area contributed by atoms with E-state index < -0.39 is 23.1 Å². The third-order valence-electron chi connectivity index (χ3n) is 6.02. The van der Waals surface area contributed by atoms with Crippen molar-refractivity contribution in [2.45, 2.75) is 23.1 Å². The van der Waals surface area contributed by atoms with Crippen molar-refractivity contribution in [3.8, 4) is 11.5 Å². The monoisotopic (exact) mass is 528 g/mol. The van der Waals surface area contributed by atoms with Gasteiger partial charge in [0.2, 0.25) is 11.8 Å². The molecular formula is C24H20N2O6S3. The molecule has 2 N–H and O–H groups in total. The summed E-state index contributed by atoms with van der Waals surface area (Å²) in [6.07, 6.45) is 0. The first-order valence-corrected chi connectivity index (χ1v) is 12.9. The number of aromatic amines is 1. The first-order valence-electron chi connectivity index (χ1n) is 10.8. The molecule has 8 nitrogen and oxygen atoms in total. The maximum Gasteiger partial charge on any atom is 0.338 e. The predicted molar refractivity (Wildman–Crippen MR) is 134 cm³/mol. The fraction of sp³-hybridized carbons (Fsp3) is 0.250. The van der Waals surface area contributed by atoms with E-state index in [1.54, 1.807) is 37.3 Å². The summed E-state index contributed by atoms with van der Waals surface area (Å²) >= 11 is 8.01. The SMILES string of the molecule is CCOC(=O)c1ccc(N2C(=O)[C@@H]3[C@H](c4ccc(OC)c(O)c4)c4sc(=S)[nH]c4S[C@@H]3C2=O)cc1. The Labute approximate surface area is 213 Å². The first-order chi connectivity index (χ1) is 16.8. The number of amides is 2. The van der Waals surface area contributed by atoms with Gasteiger partial charge in [-0.05, 0) is 61.1 Å². The standard InChI is InChI=1S/C24H20N2O6S3/c1-3-32-23(30)11-4-7-13(8-5-11)26-21(28)17-16(12-6-9-15(31-2)14(27)10-12)18-20(25-24(33)35-18)34-19(17)22(26)29/h4-10,16-17,19,27H,3H2,1-2H3,(H,25,33)/t16-,17+,19-/m0/s1. The van der Waals surface area contributed by atoms with Gasteiger partial charge in [-0.3, -0.25) is 9.59 Å². The zero-order valence-electron chi connectivity index (χ0n) is 18.6. The van der Waals surface area contributed by atoms with Gasteiger partial charge >= 0.3 is 5.97 Å². The summed E-state index contributed by atoms with van der Waals surface area (Å²) in [7, 11) is 1.46. The molecule has 1 saturated heterocycles. The molecule has 35 heavy (non-hydrogen) atoms. The van der Waals surface area contributed by atoms with Crippen molar-refractivity contribution in [2.24, 2.45) is 5.92 Å². The predicted octanol–water partition coefficient (Wildman–Crippen LogP) is 4.49. The topological polar surface area (TPSA) is 109 Å². The number of aromatic nitrogens is 1. The van der Waals surface area contributed by atoms with Gasteiger partial charge in [0.15, 0.2) is 15.5 Å². The van der Waals surface area contributed by atoms with Crippen LogP contribution in [0.4, 0.5) is 5.69 Å². The third-order valence-corrected chi connectivity index (χ3v) is 8.78. The number of benzene rings is 2. The summed E-state index contributed by atoms with van der Waals surface area (Å²) in [5.41, 5.74) is 1.41. The van der Waals surface area contributed by atoms with Gasteiger partial charge in [-0.25, -0.2) is 9.69 Å². The Balaban J connectivity index is 1.56. The highest BCUT2D eigenvalue weighted by atomic mass is 32.2. The Hall–Kier alpha value is -3.15. The maximum atomic E-state index is 13.8. The van der Waals surface area contributed by atoms with E-state index in [2.05, 4.69) is 4.98 Å². The molecular weight excluding hydrogens is 508 g/mol. The van der Waals surface area contributed by atoms with Crippen molar-refractivity contribution >= 4 is 58.8 Å². The van der Waals surface area contributed by atoms with E-state index in [0.29, 0.717) is 26.5 Å². The normalized spacial score (nSPS) is 21.0. The minimum absolute atomic E-state index is 0.0522. The summed E-state index contributed by atoms with van der Waals surface area (Å²) < 4.78 is 10.7. The molecule has 5 rings (SSSR count). The number of carbonyl (C=O) groups is 3. The summed E-state index contributed by atoms with van der Waals surface area (Å²) in [5, 5.41) is 10.5. The number of methoxy groups -OCH3 is 1. The lowest BCUT2D eigenvalue weighted by atomic mass is 9.83. The van der Waals surface area contributed by atoms with E-state index in [9.17, 15) is 19.5 Å². The molecule has 11 heteroatoms. The highest BCUT2D eigenvalue weighted by Gasteiger charge is 2.56. The van der Waals surface area contributed by atoms with Crippen LogP contribution in [0.2, 0.25) is 0 Å². The number of H-pyrrole nitrogens is 1. The largest absolute Gasteiger partial charge is 0.504 e. The van der Waals surface area contributed by atoms with Gasteiger partial charge < -0.3 is 19.6 Å². The Kier molecular flexibility index (Phi) is 6.16. The molecule has 1 fully saturated rings. The maximum absolute atomic E-state index is 13.8. The highest BCUT2D eigenvalue weighted by molar-refractivity contribution is 8.01. The van der Waals surface area contributed by atoms with Crippen LogP contribution in [0, 0.1) is 9.87 Å². The van der Waals surface area contributed by atoms with Gasteiger partial charge in [0.25, 0.3) is 0 Å². The van der Waals surface area contributed by atoms with Crippen LogP contribution in [0.1, 0.15) is 33.6 Å². The second-order valence-electron chi connectivity index (χ2n) is 7.96. The van der Waals surface area contributed by atoms with Crippen molar-refractivity contribution in [1.29, 1.82) is 0 Å². The van der Waals surface area contributed by atoms with E-state index in [1.165, 1.54) is 47.2 Å². The number of rotatable bonds is 5. The number of imide groups is 1. The highest BCUT2D eigenvalue weighted by Crippen LogP contribution is 2.54. The number of anilines is 1. The molecule has 0 aliphatic carbocycles. The number of thiazole rings is 1. The van der Waals surface area contributed by atoms with Crippen LogP contribution in [0.25, 0.3) is 0 Å². The Morgan fingerprint density at radius 2 is 1.91 bits per heavy atom. The molecule has 0 bridgehead atoms. The van der Waals surface area contributed by atoms with Gasteiger partial charge in [-0.2, -0.15) is 0 Å². The molecule has 0 radical (unpaired) electrons. The average Bonchev–Trinajstić information content (AvgIpc) is 3.33. The fourth-order valence-electron chi connectivity index (χ4n) is 4.49. The van der Waals surface area contributed by atoms with Crippen LogP contribution in [0.5, 0.6) is 11.5 Å². The number of hydrogen-bond donors (Lipinski definition) is 2. The number of phenolic OH excluding ortho intramolecular Hbond substituents is 1. The number of phenols is 1. The lowest BCUT2D eigenvalue weighted by molar-refractivity contribution is -0.122. The Bertz CT molecular complexity index is 1400. The van der Waals surface area contributed by atoms with E-state index in [0.717, 1.165) is 9.90 Å². The molecule has 2 aromatic carbocycles. The van der Waals surface area contributed by atoms with Gasteiger partial charge in [0.05, 0.1) is 35.9 Å². The third kappa shape index (κ3) is 3.93. The number of ether oxygens (including phenoxy) is 2. The Morgan fingerprint density at radius 3 is 2.57 bits per heavy atom. The number of nitrogens with zero attached hydrogens (tertiary/aromatic N) is 1. The second-order valence-corrected chi connectivity index (χ2v) is 10.8. The van der Waals surface area contributed by atoms with Crippen LogP contribution in [-0.2, 0) is 14.3 Å². The Morgan fingerprint density at radius 1 is 1.17 bits per heavy atom. The zero-order chi connectivity index (χ0) is 24.9. The summed E-state index contributed by atoms with van der Waals surface area (Å²) in [6, 6.07) is 11.2. The van der Waals surface area contributed by atoms with Crippen LogP contribution >= 0.6 is 35.3 Å². The minimum atomic E-state index is -0.695. The number of nitrogens with one attached hydrogen (secondary N) is 1. The summed E-state index contributed by atoms with van der Waals surface area (Å²) in [4.78, 5) is 44.5. The van der Waals surface area contributed by atoms with Crippen molar-refractivity contribution in [3.63, 3.8) is 0 Å². The quantitative estimate of drug-likeness (QED) is 0.283. The molecule has 0 unspecified atom stereocenters. The molecule has 3 aromatic rings. The molecule has 0 spiro atoms. The zero-order valence-corrected chi connectivity index (χ0v) is 21.1. The van der Waals surface area contributed by atoms with Gasteiger partial charge in [-0.15, -0.1) is 11.3 Å². The fourth-order valence-corrected chi connectivity index (χ4v) is 7.45. The molecule has 2 aliphatic rings. The lowest BCUT2D eigenvalue weighted by Crippen LogP contribution is -2.32. The van der Waals surface area contributed by atoms with Crippen LogP contribution in [0.15, 0.2) is 47.5 Å². The molecule has 3 heterocycles. The van der Waals surface area contributed by atoms with Gasteiger partial charge in [0.1, 0.15) is 5.25 Å².